The standard InChI is InChI=1S/C18H23N3O5S/c1-10-8-19-9-11(2)15(10)20-17(22)21-27(24,25)14-7-13(18(3,4)23)16(26-14)12-5-6-12/h7-9,12,23H,5-6H2,1-4H3,(H2,19,20,21,22). The summed E-state index contributed by atoms with van der Waals surface area (Å²) in [6.07, 6.45) is 4.90. The minimum atomic E-state index is -4.23. The van der Waals surface area contributed by atoms with Gasteiger partial charge in [0.1, 0.15) is 5.76 Å². The van der Waals surface area contributed by atoms with Gasteiger partial charge in [-0.2, -0.15) is 8.42 Å². The summed E-state index contributed by atoms with van der Waals surface area (Å²) in [5.41, 5.74) is 1.09. The SMILES string of the molecule is Cc1cncc(C)c1NC(=O)NS(=O)(=O)c1cc(C(C)(C)O)c(C2CC2)o1. The Morgan fingerprint density at radius 1 is 1.26 bits per heavy atom. The predicted molar refractivity (Wildman–Crippen MR) is 99.0 cm³/mol. The number of sulfonamides is 1. The summed E-state index contributed by atoms with van der Waals surface area (Å²) in [5.74, 6) is 0.565. The number of hydrogen-bond acceptors (Lipinski definition) is 6. The highest BCUT2D eigenvalue weighted by atomic mass is 32.2. The fourth-order valence-electron chi connectivity index (χ4n) is 2.85. The van der Waals surface area contributed by atoms with Crippen LogP contribution in [0.2, 0.25) is 0 Å². The van der Waals surface area contributed by atoms with Crippen molar-refractivity contribution in [2.45, 2.75) is 57.1 Å². The van der Waals surface area contributed by atoms with E-state index in [1.165, 1.54) is 6.07 Å². The van der Waals surface area contributed by atoms with Crippen molar-refractivity contribution in [3.05, 3.63) is 40.9 Å². The molecule has 1 fully saturated rings. The second-order valence-corrected chi connectivity index (χ2v) is 9.00. The van der Waals surface area contributed by atoms with Gasteiger partial charge in [-0.15, -0.1) is 0 Å². The zero-order chi connectivity index (χ0) is 20.0. The van der Waals surface area contributed by atoms with Gasteiger partial charge < -0.3 is 14.8 Å². The van der Waals surface area contributed by atoms with Crippen molar-refractivity contribution >= 4 is 21.7 Å². The molecule has 146 valence electrons. The van der Waals surface area contributed by atoms with Gasteiger partial charge in [-0.05, 0) is 51.7 Å². The van der Waals surface area contributed by atoms with Gasteiger partial charge in [0.25, 0.3) is 10.0 Å². The number of carbonyl (C=O) groups is 1. The first-order chi connectivity index (χ1) is 12.5. The molecular formula is C18H23N3O5S. The second kappa shape index (κ2) is 6.65. The molecule has 0 spiro atoms. The molecule has 3 N–H and O–H groups in total. The largest absolute Gasteiger partial charge is 0.447 e. The van der Waals surface area contributed by atoms with E-state index in [0.717, 1.165) is 12.8 Å². The molecule has 27 heavy (non-hydrogen) atoms. The van der Waals surface area contributed by atoms with E-state index in [9.17, 15) is 18.3 Å². The van der Waals surface area contributed by atoms with Crippen LogP contribution in [-0.2, 0) is 15.6 Å². The second-order valence-electron chi connectivity index (χ2n) is 7.38. The van der Waals surface area contributed by atoms with Crippen LogP contribution in [0.5, 0.6) is 0 Å². The Morgan fingerprint density at radius 2 is 1.85 bits per heavy atom. The van der Waals surface area contributed by atoms with Crippen LogP contribution in [-0.4, -0.2) is 24.5 Å². The third-order valence-corrected chi connectivity index (χ3v) is 5.59. The van der Waals surface area contributed by atoms with Crippen LogP contribution in [0.4, 0.5) is 10.5 Å². The molecule has 2 aromatic heterocycles. The van der Waals surface area contributed by atoms with E-state index < -0.39 is 21.7 Å². The molecule has 2 amide bonds. The van der Waals surface area contributed by atoms with Gasteiger partial charge in [0.2, 0.25) is 5.09 Å². The molecule has 0 unspecified atom stereocenters. The molecule has 1 aliphatic rings. The number of aryl methyl sites for hydroxylation is 2. The third-order valence-electron chi connectivity index (χ3n) is 4.40. The van der Waals surface area contributed by atoms with E-state index in [0.29, 0.717) is 28.1 Å². The average Bonchev–Trinajstić information content (AvgIpc) is 3.26. The highest BCUT2D eigenvalue weighted by Gasteiger charge is 2.37. The predicted octanol–water partition coefficient (Wildman–Crippen LogP) is 2.91. The average molecular weight is 393 g/mol. The maximum atomic E-state index is 12.6. The summed E-state index contributed by atoms with van der Waals surface area (Å²) in [4.78, 5) is 16.2. The topological polar surface area (TPSA) is 122 Å². The molecule has 0 saturated heterocycles. The number of furan rings is 1. The minimum absolute atomic E-state index is 0.103. The fourth-order valence-corrected chi connectivity index (χ4v) is 3.72. The number of aromatic nitrogens is 1. The number of hydrogen-bond donors (Lipinski definition) is 3. The van der Waals surface area contributed by atoms with Crippen molar-refractivity contribution in [1.82, 2.24) is 9.71 Å². The molecule has 9 heteroatoms. The van der Waals surface area contributed by atoms with Crippen molar-refractivity contribution in [3.8, 4) is 0 Å². The maximum Gasteiger partial charge on any atom is 0.333 e. The fraction of sp³-hybridized carbons (Fsp3) is 0.444. The highest BCUT2D eigenvalue weighted by molar-refractivity contribution is 7.89. The van der Waals surface area contributed by atoms with Crippen LogP contribution < -0.4 is 10.0 Å². The number of pyridine rings is 1. The lowest BCUT2D eigenvalue weighted by molar-refractivity contribution is 0.0765. The molecule has 0 radical (unpaired) electrons. The Morgan fingerprint density at radius 3 is 2.37 bits per heavy atom. The zero-order valence-corrected chi connectivity index (χ0v) is 16.5. The highest BCUT2D eigenvalue weighted by Crippen LogP contribution is 2.45. The first kappa shape index (κ1) is 19.4. The summed E-state index contributed by atoms with van der Waals surface area (Å²) in [5, 5.41) is 12.4. The Bertz CT molecular complexity index is 965. The first-order valence-electron chi connectivity index (χ1n) is 8.60. The van der Waals surface area contributed by atoms with Crippen LogP contribution in [0.1, 0.15) is 55.1 Å². The van der Waals surface area contributed by atoms with Crippen LogP contribution in [0, 0.1) is 13.8 Å². The lowest BCUT2D eigenvalue weighted by Crippen LogP contribution is -2.34. The van der Waals surface area contributed by atoms with Crippen LogP contribution >= 0.6 is 0 Å². The van der Waals surface area contributed by atoms with E-state index in [1.54, 1.807) is 40.1 Å². The van der Waals surface area contributed by atoms with E-state index in [1.807, 2.05) is 4.72 Å². The maximum absolute atomic E-state index is 12.6. The van der Waals surface area contributed by atoms with E-state index in [4.69, 9.17) is 4.42 Å². The monoisotopic (exact) mass is 393 g/mol. The molecule has 1 aliphatic carbocycles. The summed E-state index contributed by atoms with van der Waals surface area (Å²) >= 11 is 0. The summed E-state index contributed by atoms with van der Waals surface area (Å²) in [6, 6.07) is 0.383. The van der Waals surface area contributed by atoms with Gasteiger partial charge in [-0.1, -0.05) is 0 Å². The summed E-state index contributed by atoms with van der Waals surface area (Å²) < 4.78 is 32.6. The van der Waals surface area contributed by atoms with Crippen LogP contribution in [0.25, 0.3) is 0 Å². The number of aliphatic hydroxyl groups is 1. The Hall–Kier alpha value is -2.39. The Labute approximate surface area is 158 Å². The smallest absolute Gasteiger partial charge is 0.333 e. The van der Waals surface area contributed by atoms with Gasteiger partial charge >= 0.3 is 6.03 Å². The number of nitrogens with zero attached hydrogens (tertiary/aromatic N) is 1. The number of anilines is 1. The zero-order valence-electron chi connectivity index (χ0n) is 15.7. The van der Waals surface area contributed by atoms with Gasteiger partial charge in [-0.25, -0.2) is 9.52 Å². The molecule has 0 aliphatic heterocycles. The van der Waals surface area contributed by atoms with Crippen LogP contribution in [0.3, 0.4) is 0 Å². The van der Waals surface area contributed by atoms with Gasteiger partial charge in [0.05, 0.1) is 11.3 Å². The molecule has 2 heterocycles. The molecule has 0 aromatic carbocycles. The van der Waals surface area contributed by atoms with Crippen LogP contribution in [0.15, 0.2) is 28.0 Å². The summed E-state index contributed by atoms with van der Waals surface area (Å²) in [7, 11) is -4.23. The Balaban J connectivity index is 1.84. The molecule has 1 saturated carbocycles. The Kier molecular flexibility index (Phi) is 4.77. The minimum Gasteiger partial charge on any atom is -0.447 e. The number of nitrogens with one attached hydrogen (secondary N) is 2. The van der Waals surface area contributed by atoms with Crippen molar-refractivity contribution in [2.24, 2.45) is 0 Å². The van der Waals surface area contributed by atoms with E-state index in [-0.39, 0.29) is 11.0 Å². The normalized spacial score (nSPS) is 14.9. The van der Waals surface area contributed by atoms with Crippen molar-refractivity contribution in [1.29, 1.82) is 0 Å². The molecular weight excluding hydrogens is 370 g/mol. The van der Waals surface area contributed by atoms with Crippen molar-refractivity contribution < 1.29 is 22.7 Å². The van der Waals surface area contributed by atoms with Gasteiger partial charge in [-0.3, -0.25) is 4.98 Å². The lowest BCUT2D eigenvalue weighted by atomic mass is 9.97. The van der Waals surface area contributed by atoms with Crippen molar-refractivity contribution in [3.63, 3.8) is 0 Å². The number of amides is 2. The molecule has 0 bridgehead atoms. The number of urea groups is 1. The van der Waals surface area contributed by atoms with E-state index in [2.05, 4.69) is 10.3 Å². The third kappa shape index (κ3) is 4.14. The molecule has 0 atom stereocenters. The number of rotatable bonds is 5. The van der Waals surface area contributed by atoms with E-state index >= 15 is 0 Å². The van der Waals surface area contributed by atoms with Gasteiger partial charge in [0.15, 0.2) is 0 Å². The number of carbonyl (C=O) groups excluding carboxylic acids is 1. The quantitative estimate of drug-likeness (QED) is 0.718. The molecule has 8 nitrogen and oxygen atoms in total. The molecule has 3 rings (SSSR count). The van der Waals surface area contributed by atoms with Gasteiger partial charge in [0, 0.05) is 29.9 Å². The lowest BCUT2D eigenvalue weighted by Gasteiger charge is -2.16. The molecule has 2 aromatic rings. The van der Waals surface area contributed by atoms with Crippen molar-refractivity contribution in [2.75, 3.05) is 5.32 Å². The summed E-state index contributed by atoms with van der Waals surface area (Å²) in [6.45, 7) is 6.65. The first-order valence-corrected chi connectivity index (χ1v) is 10.1.